The van der Waals surface area contributed by atoms with Gasteiger partial charge in [0.05, 0.1) is 32.1 Å². The number of anilines is 1. The molecule has 118 valence electrons. The zero-order chi connectivity index (χ0) is 16.2. The van der Waals surface area contributed by atoms with Gasteiger partial charge in [0.15, 0.2) is 11.5 Å². The number of nitrogen functional groups attached to an aromatic ring is 1. The fourth-order valence-corrected chi connectivity index (χ4v) is 1.71. The van der Waals surface area contributed by atoms with Crippen molar-refractivity contribution in [3.8, 4) is 11.5 Å². The molecule has 1 rings (SSSR count). The summed E-state index contributed by atoms with van der Waals surface area (Å²) >= 11 is 0. The minimum atomic E-state index is -4.73. The van der Waals surface area contributed by atoms with E-state index in [0.717, 1.165) is 7.11 Å². The number of carbonyl (C=O) groups excluding carboxylic acids is 1. The van der Waals surface area contributed by atoms with Crippen LogP contribution in [-0.4, -0.2) is 26.8 Å². The topological polar surface area (TPSA) is 70.8 Å². The van der Waals surface area contributed by atoms with Gasteiger partial charge in [0.1, 0.15) is 5.56 Å². The van der Waals surface area contributed by atoms with E-state index in [1.165, 1.54) is 7.11 Å². The average molecular weight is 307 g/mol. The zero-order valence-corrected chi connectivity index (χ0v) is 11.8. The fraction of sp³-hybridized carbons (Fsp3) is 0.462. The molecule has 8 heteroatoms. The lowest BCUT2D eigenvalue weighted by Gasteiger charge is -2.18. The molecule has 0 fully saturated rings. The van der Waals surface area contributed by atoms with Crippen LogP contribution in [0.25, 0.3) is 0 Å². The molecule has 21 heavy (non-hydrogen) atoms. The molecule has 1 aromatic carbocycles. The third kappa shape index (κ3) is 3.50. The molecule has 5 nitrogen and oxygen atoms in total. The van der Waals surface area contributed by atoms with Gasteiger partial charge in [0.2, 0.25) is 0 Å². The molecule has 0 radical (unpaired) electrons. The highest BCUT2D eigenvalue weighted by Crippen LogP contribution is 2.44. The number of methoxy groups -OCH3 is 2. The first-order valence-electron chi connectivity index (χ1n) is 6.06. The molecule has 0 atom stereocenters. The Bertz CT molecular complexity index is 529. The van der Waals surface area contributed by atoms with Crippen LogP contribution in [0.5, 0.6) is 11.5 Å². The maximum absolute atomic E-state index is 13.0. The van der Waals surface area contributed by atoms with Crippen LogP contribution in [-0.2, 0) is 10.9 Å². The van der Waals surface area contributed by atoms with Crippen LogP contribution in [0.15, 0.2) is 6.07 Å². The second-order valence-corrected chi connectivity index (χ2v) is 4.08. The van der Waals surface area contributed by atoms with Gasteiger partial charge in [0, 0.05) is 0 Å². The van der Waals surface area contributed by atoms with Crippen LogP contribution < -0.4 is 15.2 Å². The molecule has 0 aromatic heterocycles. The third-order valence-corrected chi connectivity index (χ3v) is 2.66. The normalized spacial score (nSPS) is 11.1. The Labute approximate surface area is 119 Å². The lowest BCUT2D eigenvalue weighted by Crippen LogP contribution is -2.17. The van der Waals surface area contributed by atoms with Gasteiger partial charge in [-0.1, -0.05) is 6.92 Å². The summed E-state index contributed by atoms with van der Waals surface area (Å²) in [5, 5.41) is 0. The lowest BCUT2D eigenvalue weighted by molar-refractivity contribution is -0.137. The largest absolute Gasteiger partial charge is 0.493 e. The summed E-state index contributed by atoms with van der Waals surface area (Å²) in [6, 6.07) is 0.685. The zero-order valence-electron chi connectivity index (χ0n) is 11.8. The van der Waals surface area contributed by atoms with Crippen molar-refractivity contribution in [2.24, 2.45) is 0 Å². The monoisotopic (exact) mass is 307 g/mol. The van der Waals surface area contributed by atoms with Gasteiger partial charge in [-0.05, 0) is 12.5 Å². The predicted molar refractivity (Wildman–Crippen MR) is 69.5 cm³/mol. The van der Waals surface area contributed by atoms with Crippen LogP contribution >= 0.6 is 0 Å². The fourth-order valence-electron chi connectivity index (χ4n) is 1.71. The first kappa shape index (κ1) is 16.9. The Morgan fingerprint density at radius 3 is 2.33 bits per heavy atom. The molecule has 0 unspecified atom stereocenters. The number of hydrogen-bond donors (Lipinski definition) is 1. The van der Waals surface area contributed by atoms with E-state index in [4.69, 9.17) is 19.9 Å². The smallest absolute Gasteiger partial charge is 0.418 e. The summed E-state index contributed by atoms with van der Waals surface area (Å²) in [7, 11) is 2.36. The molecule has 0 aliphatic heterocycles. The number of alkyl halides is 3. The van der Waals surface area contributed by atoms with Crippen molar-refractivity contribution in [1.29, 1.82) is 0 Å². The van der Waals surface area contributed by atoms with E-state index < -0.39 is 29.0 Å². The van der Waals surface area contributed by atoms with Crippen molar-refractivity contribution in [2.45, 2.75) is 19.5 Å². The molecule has 0 amide bonds. The molecule has 0 saturated carbocycles. The molecule has 0 saturated heterocycles. The summed E-state index contributed by atoms with van der Waals surface area (Å²) in [5.74, 6) is -1.43. The highest BCUT2D eigenvalue weighted by molar-refractivity contribution is 6.00. The van der Waals surface area contributed by atoms with Crippen LogP contribution in [0.3, 0.4) is 0 Å². The third-order valence-electron chi connectivity index (χ3n) is 2.66. The van der Waals surface area contributed by atoms with Crippen molar-refractivity contribution in [2.75, 3.05) is 26.6 Å². The number of halogens is 3. The Hall–Kier alpha value is -2.12. The van der Waals surface area contributed by atoms with Gasteiger partial charge in [-0.3, -0.25) is 0 Å². The molecular formula is C13H16F3NO4. The lowest BCUT2D eigenvalue weighted by atomic mass is 10.0. The van der Waals surface area contributed by atoms with Crippen molar-refractivity contribution in [1.82, 2.24) is 0 Å². The Morgan fingerprint density at radius 2 is 1.90 bits per heavy atom. The van der Waals surface area contributed by atoms with E-state index in [1.807, 2.05) is 0 Å². The maximum atomic E-state index is 13.0. The Kier molecular flexibility index (Phi) is 5.28. The highest BCUT2D eigenvalue weighted by Gasteiger charge is 2.38. The van der Waals surface area contributed by atoms with Crippen molar-refractivity contribution >= 4 is 11.7 Å². The van der Waals surface area contributed by atoms with Crippen molar-refractivity contribution in [3.63, 3.8) is 0 Å². The second-order valence-electron chi connectivity index (χ2n) is 4.08. The minimum Gasteiger partial charge on any atom is -0.493 e. The van der Waals surface area contributed by atoms with Crippen LogP contribution in [0.2, 0.25) is 0 Å². The van der Waals surface area contributed by atoms with E-state index >= 15 is 0 Å². The number of benzene rings is 1. The molecule has 0 aliphatic carbocycles. The summed E-state index contributed by atoms with van der Waals surface area (Å²) in [6.07, 6.45) is -4.21. The summed E-state index contributed by atoms with van der Waals surface area (Å²) < 4.78 is 53.5. The molecule has 0 heterocycles. The minimum absolute atomic E-state index is 0.0555. The number of nitrogens with two attached hydrogens (primary N) is 1. The SMILES string of the molecule is CCCOC(=O)c1c(N)c(C(F)(F)F)cc(OC)c1OC. The predicted octanol–water partition coefficient (Wildman–Crippen LogP) is 2.87. The van der Waals surface area contributed by atoms with E-state index in [2.05, 4.69) is 0 Å². The Balaban J connectivity index is 3.53. The number of esters is 1. The van der Waals surface area contributed by atoms with Crippen LogP contribution in [0.4, 0.5) is 18.9 Å². The van der Waals surface area contributed by atoms with Gasteiger partial charge in [0.25, 0.3) is 0 Å². The maximum Gasteiger partial charge on any atom is 0.418 e. The van der Waals surface area contributed by atoms with Gasteiger partial charge in [-0.2, -0.15) is 13.2 Å². The summed E-state index contributed by atoms with van der Waals surface area (Å²) in [5.41, 5.74) is 3.07. The van der Waals surface area contributed by atoms with Gasteiger partial charge in [-0.15, -0.1) is 0 Å². The number of carbonyl (C=O) groups is 1. The molecule has 0 spiro atoms. The van der Waals surface area contributed by atoms with Gasteiger partial charge < -0.3 is 19.9 Å². The molecule has 2 N–H and O–H groups in total. The number of rotatable bonds is 5. The standard InChI is InChI=1S/C13H16F3NO4/c1-4-5-21-12(18)9-10(17)7(13(14,15)16)6-8(19-2)11(9)20-3/h6H,4-5,17H2,1-3H3. The first-order chi connectivity index (χ1) is 9.77. The molecule has 0 aliphatic rings. The van der Waals surface area contributed by atoms with E-state index in [9.17, 15) is 18.0 Å². The van der Waals surface area contributed by atoms with Crippen molar-refractivity contribution < 1.29 is 32.2 Å². The second kappa shape index (κ2) is 6.55. The number of hydrogen-bond acceptors (Lipinski definition) is 5. The Morgan fingerprint density at radius 1 is 1.29 bits per heavy atom. The summed E-state index contributed by atoms with van der Waals surface area (Å²) in [4.78, 5) is 11.9. The molecule has 0 bridgehead atoms. The van der Waals surface area contributed by atoms with Crippen LogP contribution in [0.1, 0.15) is 29.3 Å². The van der Waals surface area contributed by atoms with E-state index in [1.54, 1.807) is 6.92 Å². The van der Waals surface area contributed by atoms with Gasteiger partial charge >= 0.3 is 12.1 Å². The average Bonchev–Trinajstić information content (AvgIpc) is 2.42. The quantitative estimate of drug-likeness (QED) is 0.669. The van der Waals surface area contributed by atoms with E-state index in [0.29, 0.717) is 12.5 Å². The summed E-state index contributed by atoms with van der Waals surface area (Å²) in [6.45, 7) is 1.81. The van der Waals surface area contributed by atoms with Gasteiger partial charge in [-0.25, -0.2) is 4.79 Å². The number of ether oxygens (including phenoxy) is 3. The molecule has 1 aromatic rings. The molecular weight excluding hydrogens is 291 g/mol. The van der Waals surface area contributed by atoms with E-state index in [-0.39, 0.29) is 18.1 Å². The van der Waals surface area contributed by atoms with Crippen LogP contribution in [0, 0.1) is 0 Å². The first-order valence-corrected chi connectivity index (χ1v) is 6.06. The van der Waals surface area contributed by atoms with Crippen molar-refractivity contribution in [3.05, 3.63) is 17.2 Å². The highest BCUT2D eigenvalue weighted by atomic mass is 19.4.